The zero-order chi connectivity index (χ0) is 10.5. The van der Waals surface area contributed by atoms with Crippen molar-refractivity contribution in [2.45, 2.75) is 6.92 Å². The summed E-state index contributed by atoms with van der Waals surface area (Å²) in [5, 5.41) is 0. The van der Waals surface area contributed by atoms with E-state index >= 15 is 0 Å². The van der Waals surface area contributed by atoms with E-state index in [0.717, 1.165) is 5.56 Å². The summed E-state index contributed by atoms with van der Waals surface area (Å²) in [7, 11) is 0. The van der Waals surface area contributed by atoms with E-state index in [1.165, 1.54) is 6.33 Å². The van der Waals surface area contributed by atoms with Crippen molar-refractivity contribution in [1.82, 2.24) is 15.0 Å². The van der Waals surface area contributed by atoms with E-state index in [2.05, 4.69) is 15.0 Å². The van der Waals surface area contributed by atoms with Crippen LogP contribution in [-0.4, -0.2) is 21.6 Å². The van der Waals surface area contributed by atoms with Crippen molar-refractivity contribution >= 4 is 0 Å². The van der Waals surface area contributed by atoms with Crippen LogP contribution in [0.1, 0.15) is 6.92 Å². The van der Waals surface area contributed by atoms with Gasteiger partial charge in [-0.15, -0.1) is 0 Å². The number of rotatable bonds is 3. The molecule has 1 aromatic carbocycles. The lowest BCUT2D eigenvalue weighted by Crippen LogP contribution is -1.99. The van der Waals surface area contributed by atoms with E-state index in [1.807, 2.05) is 37.3 Å². The minimum atomic E-state index is 0.367. The Morgan fingerprint density at radius 3 is 2.67 bits per heavy atom. The summed E-state index contributed by atoms with van der Waals surface area (Å²) >= 11 is 0. The van der Waals surface area contributed by atoms with Gasteiger partial charge in [-0.2, -0.15) is 9.97 Å². The molecular weight excluding hydrogens is 190 g/mol. The Kier molecular flexibility index (Phi) is 2.88. The van der Waals surface area contributed by atoms with E-state index in [-0.39, 0.29) is 0 Å². The molecule has 1 heterocycles. The molecule has 0 radical (unpaired) electrons. The normalized spacial score (nSPS) is 9.93. The fourth-order valence-corrected chi connectivity index (χ4v) is 1.21. The lowest BCUT2D eigenvalue weighted by molar-refractivity contribution is 0.311. The summed E-state index contributed by atoms with van der Waals surface area (Å²) in [5.74, 6) is 0.633. The highest BCUT2D eigenvalue weighted by Crippen LogP contribution is 2.14. The molecule has 0 aliphatic heterocycles. The van der Waals surface area contributed by atoms with E-state index in [0.29, 0.717) is 18.4 Å². The van der Waals surface area contributed by atoms with Crippen LogP contribution in [0.4, 0.5) is 0 Å². The second-order valence-corrected chi connectivity index (χ2v) is 2.89. The van der Waals surface area contributed by atoms with Gasteiger partial charge in [-0.3, -0.25) is 0 Å². The minimum absolute atomic E-state index is 0.367. The number of benzene rings is 1. The van der Waals surface area contributed by atoms with Crippen molar-refractivity contribution in [3.8, 4) is 17.4 Å². The molecule has 0 unspecified atom stereocenters. The van der Waals surface area contributed by atoms with Gasteiger partial charge in [0.1, 0.15) is 6.33 Å². The number of hydrogen-bond donors (Lipinski definition) is 0. The lowest BCUT2D eigenvalue weighted by Gasteiger charge is -2.02. The summed E-state index contributed by atoms with van der Waals surface area (Å²) in [6.07, 6.45) is 1.46. The predicted octanol–water partition coefficient (Wildman–Crippen LogP) is 1.94. The third-order valence-electron chi connectivity index (χ3n) is 1.86. The molecule has 4 heteroatoms. The first-order valence-corrected chi connectivity index (χ1v) is 4.77. The SMILES string of the molecule is CCOc1ncnc(-c2ccccc2)n1. The maximum absolute atomic E-state index is 5.21. The monoisotopic (exact) mass is 201 g/mol. The first-order valence-electron chi connectivity index (χ1n) is 4.77. The van der Waals surface area contributed by atoms with Crippen molar-refractivity contribution in [1.29, 1.82) is 0 Å². The largest absolute Gasteiger partial charge is 0.464 e. The molecule has 76 valence electrons. The van der Waals surface area contributed by atoms with Crippen LogP contribution in [0.15, 0.2) is 36.7 Å². The van der Waals surface area contributed by atoms with Gasteiger partial charge >= 0.3 is 6.01 Å². The number of ether oxygens (including phenoxy) is 1. The van der Waals surface area contributed by atoms with Crippen LogP contribution in [-0.2, 0) is 0 Å². The number of nitrogens with zero attached hydrogens (tertiary/aromatic N) is 3. The zero-order valence-corrected chi connectivity index (χ0v) is 8.42. The molecule has 0 saturated carbocycles. The average Bonchev–Trinajstić information content (AvgIpc) is 2.31. The van der Waals surface area contributed by atoms with E-state index in [4.69, 9.17) is 4.74 Å². The molecule has 0 N–H and O–H groups in total. The van der Waals surface area contributed by atoms with E-state index < -0.39 is 0 Å². The predicted molar refractivity (Wildman–Crippen MR) is 56.4 cm³/mol. The maximum Gasteiger partial charge on any atom is 0.319 e. The van der Waals surface area contributed by atoms with Crippen LogP contribution >= 0.6 is 0 Å². The molecule has 2 aromatic rings. The van der Waals surface area contributed by atoms with E-state index in [1.54, 1.807) is 0 Å². The number of hydrogen-bond acceptors (Lipinski definition) is 4. The topological polar surface area (TPSA) is 47.9 Å². The van der Waals surface area contributed by atoms with Crippen molar-refractivity contribution in [2.24, 2.45) is 0 Å². The highest BCUT2D eigenvalue weighted by Gasteiger charge is 2.02. The van der Waals surface area contributed by atoms with Gasteiger partial charge in [-0.1, -0.05) is 30.3 Å². The van der Waals surface area contributed by atoms with Crippen LogP contribution in [0, 0.1) is 0 Å². The second kappa shape index (κ2) is 4.50. The molecule has 0 aliphatic rings. The average molecular weight is 201 g/mol. The van der Waals surface area contributed by atoms with Gasteiger partial charge in [0.05, 0.1) is 6.61 Å². The third kappa shape index (κ3) is 2.28. The molecule has 0 amide bonds. The second-order valence-electron chi connectivity index (χ2n) is 2.89. The van der Waals surface area contributed by atoms with Crippen LogP contribution < -0.4 is 4.74 Å². The van der Waals surface area contributed by atoms with Crippen molar-refractivity contribution in [3.05, 3.63) is 36.7 Å². The standard InChI is InChI=1S/C11H11N3O/c1-2-15-11-13-8-12-10(14-11)9-6-4-3-5-7-9/h3-8H,2H2,1H3. The van der Waals surface area contributed by atoms with Gasteiger partial charge < -0.3 is 4.74 Å². The molecule has 0 spiro atoms. The fraction of sp³-hybridized carbons (Fsp3) is 0.182. The van der Waals surface area contributed by atoms with Gasteiger partial charge in [0.15, 0.2) is 5.82 Å². The summed E-state index contributed by atoms with van der Waals surface area (Å²) in [4.78, 5) is 12.2. The fourth-order valence-electron chi connectivity index (χ4n) is 1.21. The van der Waals surface area contributed by atoms with Crippen molar-refractivity contribution < 1.29 is 4.74 Å². The van der Waals surface area contributed by atoms with Gasteiger partial charge in [0.25, 0.3) is 0 Å². The van der Waals surface area contributed by atoms with Crippen LogP contribution in [0.2, 0.25) is 0 Å². The van der Waals surface area contributed by atoms with E-state index in [9.17, 15) is 0 Å². The zero-order valence-electron chi connectivity index (χ0n) is 8.42. The van der Waals surface area contributed by atoms with Crippen LogP contribution in [0.3, 0.4) is 0 Å². The first-order chi connectivity index (χ1) is 7.40. The number of aromatic nitrogens is 3. The Morgan fingerprint density at radius 1 is 1.13 bits per heavy atom. The van der Waals surface area contributed by atoms with Gasteiger partial charge in [-0.25, -0.2) is 4.98 Å². The van der Waals surface area contributed by atoms with Crippen LogP contribution in [0.5, 0.6) is 6.01 Å². The lowest BCUT2D eigenvalue weighted by atomic mass is 10.2. The Morgan fingerprint density at radius 2 is 1.93 bits per heavy atom. The van der Waals surface area contributed by atoms with Gasteiger partial charge in [0.2, 0.25) is 0 Å². The summed E-state index contributed by atoms with van der Waals surface area (Å²) in [6.45, 7) is 2.45. The van der Waals surface area contributed by atoms with Crippen LogP contribution in [0.25, 0.3) is 11.4 Å². The minimum Gasteiger partial charge on any atom is -0.464 e. The smallest absolute Gasteiger partial charge is 0.319 e. The molecule has 2 rings (SSSR count). The highest BCUT2D eigenvalue weighted by atomic mass is 16.5. The van der Waals surface area contributed by atoms with Crippen molar-refractivity contribution in [2.75, 3.05) is 6.61 Å². The first kappa shape index (κ1) is 9.58. The molecule has 1 aromatic heterocycles. The van der Waals surface area contributed by atoms with Crippen molar-refractivity contribution in [3.63, 3.8) is 0 Å². The Labute approximate surface area is 88.0 Å². The van der Waals surface area contributed by atoms with Gasteiger partial charge in [0, 0.05) is 5.56 Å². The Balaban J connectivity index is 2.33. The maximum atomic E-state index is 5.21. The molecule has 0 saturated heterocycles. The van der Waals surface area contributed by atoms with Gasteiger partial charge in [-0.05, 0) is 6.92 Å². The summed E-state index contributed by atoms with van der Waals surface area (Å²) in [5.41, 5.74) is 0.959. The molecule has 0 bridgehead atoms. The Bertz CT molecular complexity index is 431. The molecular formula is C11H11N3O. The molecule has 0 atom stereocenters. The molecule has 0 aliphatic carbocycles. The highest BCUT2D eigenvalue weighted by molar-refractivity contribution is 5.54. The molecule has 0 fully saturated rings. The quantitative estimate of drug-likeness (QED) is 0.761. The summed E-state index contributed by atoms with van der Waals surface area (Å²) in [6, 6.07) is 10.1. The molecule has 4 nitrogen and oxygen atoms in total. The molecule has 15 heavy (non-hydrogen) atoms. The third-order valence-corrected chi connectivity index (χ3v) is 1.86. The summed E-state index contributed by atoms with van der Waals surface area (Å²) < 4.78 is 5.21. The Hall–Kier alpha value is -1.97.